The number of benzene rings is 2. The second kappa shape index (κ2) is 13.0. The Kier molecular flexibility index (Phi) is 9.29. The van der Waals surface area contributed by atoms with E-state index in [1.165, 1.54) is 0 Å². The van der Waals surface area contributed by atoms with Crippen LogP contribution in [0.15, 0.2) is 60.8 Å². The summed E-state index contributed by atoms with van der Waals surface area (Å²) in [5.41, 5.74) is 3.63. The zero-order valence-electron chi connectivity index (χ0n) is 21.6. The molecule has 2 amide bonds. The van der Waals surface area contributed by atoms with Crippen LogP contribution in [0.1, 0.15) is 18.1 Å². The SMILES string of the molecule is C/C=C\C(=C/NC=O)c1ccc2nc(N3CCN(CC(=O)NC)CC3)nc(NCc3cccc(Cl)c3)c2c1. The van der Waals surface area contributed by atoms with Crippen LogP contribution < -0.4 is 20.9 Å². The van der Waals surface area contributed by atoms with Gasteiger partial charge in [0.05, 0.1) is 12.1 Å². The highest BCUT2D eigenvalue weighted by atomic mass is 35.5. The molecule has 0 spiro atoms. The van der Waals surface area contributed by atoms with Crippen LogP contribution in [-0.4, -0.2) is 67.0 Å². The third-order valence-electron chi connectivity index (χ3n) is 6.32. The van der Waals surface area contributed by atoms with Crippen molar-refractivity contribution in [2.45, 2.75) is 13.5 Å². The third-order valence-corrected chi connectivity index (χ3v) is 6.56. The maximum atomic E-state index is 11.8. The number of hydrogen-bond acceptors (Lipinski definition) is 7. The molecule has 10 heteroatoms. The Morgan fingerprint density at radius 2 is 1.92 bits per heavy atom. The van der Waals surface area contributed by atoms with E-state index in [4.69, 9.17) is 21.6 Å². The third kappa shape index (κ3) is 6.87. The smallest absolute Gasteiger partial charge is 0.233 e. The number of fused-ring (bicyclic) bond motifs is 1. The van der Waals surface area contributed by atoms with Gasteiger partial charge in [-0.1, -0.05) is 42.0 Å². The predicted molar refractivity (Wildman–Crippen MR) is 153 cm³/mol. The fraction of sp³-hybridized carbons (Fsp3) is 0.286. The minimum absolute atomic E-state index is 0.0124. The second-order valence-corrected chi connectivity index (χ2v) is 9.34. The molecule has 4 rings (SSSR count). The van der Waals surface area contributed by atoms with Crippen molar-refractivity contribution >= 4 is 52.2 Å². The number of halogens is 1. The number of nitrogens with one attached hydrogen (secondary N) is 3. The lowest BCUT2D eigenvalue weighted by Gasteiger charge is -2.34. The Balaban J connectivity index is 1.67. The largest absolute Gasteiger partial charge is 0.365 e. The Morgan fingerprint density at radius 1 is 1.11 bits per heavy atom. The van der Waals surface area contributed by atoms with Crippen molar-refractivity contribution in [2.24, 2.45) is 0 Å². The Labute approximate surface area is 227 Å². The van der Waals surface area contributed by atoms with Gasteiger partial charge in [-0.25, -0.2) is 4.98 Å². The first kappa shape index (κ1) is 27.1. The summed E-state index contributed by atoms with van der Waals surface area (Å²) in [6, 6.07) is 13.7. The second-order valence-electron chi connectivity index (χ2n) is 8.91. The van der Waals surface area contributed by atoms with E-state index in [1.54, 1.807) is 13.2 Å². The minimum atomic E-state index is 0.0124. The van der Waals surface area contributed by atoms with Crippen LogP contribution in [0.5, 0.6) is 0 Å². The normalized spacial score (nSPS) is 14.6. The average molecular weight is 534 g/mol. The molecule has 3 aromatic rings. The fourth-order valence-corrected chi connectivity index (χ4v) is 4.54. The molecule has 0 radical (unpaired) electrons. The van der Waals surface area contributed by atoms with Crippen molar-refractivity contribution in [3.8, 4) is 0 Å². The number of rotatable bonds is 10. The van der Waals surface area contributed by atoms with Crippen LogP contribution >= 0.6 is 11.6 Å². The Morgan fingerprint density at radius 3 is 2.63 bits per heavy atom. The lowest BCUT2D eigenvalue weighted by molar-refractivity contribution is -0.121. The number of hydrogen-bond donors (Lipinski definition) is 3. The number of piperazine rings is 1. The summed E-state index contributed by atoms with van der Waals surface area (Å²) in [5.74, 6) is 1.37. The molecule has 0 bridgehead atoms. The molecule has 198 valence electrons. The van der Waals surface area contributed by atoms with E-state index in [1.807, 2.05) is 61.5 Å². The Bertz CT molecular complexity index is 1350. The van der Waals surface area contributed by atoms with E-state index in [0.29, 0.717) is 36.3 Å². The molecule has 2 aromatic carbocycles. The van der Waals surface area contributed by atoms with Crippen LogP contribution in [0.3, 0.4) is 0 Å². The zero-order chi connectivity index (χ0) is 26.9. The topological polar surface area (TPSA) is 102 Å². The molecular weight excluding hydrogens is 502 g/mol. The molecule has 9 nitrogen and oxygen atoms in total. The van der Waals surface area contributed by atoms with Gasteiger partial charge in [-0.05, 0) is 47.9 Å². The summed E-state index contributed by atoms with van der Waals surface area (Å²) in [6.45, 7) is 5.80. The van der Waals surface area contributed by atoms with E-state index in [9.17, 15) is 9.59 Å². The predicted octanol–water partition coefficient (Wildman–Crippen LogP) is 3.43. The van der Waals surface area contributed by atoms with Crippen molar-refractivity contribution < 1.29 is 9.59 Å². The summed E-state index contributed by atoms with van der Waals surface area (Å²) >= 11 is 6.20. The van der Waals surface area contributed by atoms with Gasteiger partial charge >= 0.3 is 0 Å². The van der Waals surface area contributed by atoms with Crippen LogP contribution in [0.2, 0.25) is 5.02 Å². The van der Waals surface area contributed by atoms with Crippen LogP contribution in [0, 0.1) is 0 Å². The van der Waals surface area contributed by atoms with Gasteiger partial charge in [0.2, 0.25) is 18.3 Å². The fourth-order valence-electron chi connectivity index (χ4n) is 4.32. The highest BCUT2D eigenvalue weighted by Crippen LogP contribution is 2.29. The van der Waals surface area contributed by atoms with Crippen molar-refractivity contribution in [1.29, 1.82) is 0 Å². The summed E-state index contributed by atoms with van der Waals surface area (Å²) in [7, 11) is 1.65. The summed E-state index contributed by atoms with van der Waals surface area (Å²) in [6.07, 6.45) is 6.17. The molecule has 2 heterocycles. The average Bonchev–Trinajstić information content (AvgIpc) is 2.94. The maximum absolute atomic E-state index is 11.8. The first-order valence-electron chi connectivity index (χ1n) is 12.5. The number of carbonyl (C=O) groups excluding carboxylic acids is 2. The number of amides is 2. The van der Waals surface area contributed by atoms with Crippen LogP contribution in [0.4, 0.5) is 11.8 Å². The quantitative estimate of drug-likeness (QED) is 0.271. The molecule has 1 aliphatic heterocycles. The molecule has 3 N–H and O–H groups in total. The number of likely N-dealkylation sites (N-methyl/N-ethyl adjacent to an activating group) is 1. The number of allylic oxidation sites excluding steroid dienone is 3. The molecule has 0 unspecified atom stereocenters. The molecular formula is C28H32ClN7O2. The molecule has 0 atom stereocenters. The van der Waals surface area contributed by atoms with Gasteiger partial charge in [0.15, 0.2) is 0 Å². The molecule has 1 saturated heterocycles. The number of anilines is 2. The van der Waals surface area contributed by atoms with Gasteiger partial charge in [0, 0.05) is 56.4 Å². The number of nitrogens with zero attached hydrogens (tertiary/aromatic N) is 4. The zero-order valence-corrected chi connectivity index (χ0v) is 22.3. The molecule has 1 aromatic heterocycles. The summed E-state index contributed by atoms with van der Waals surface area (Å²) in [4.78, 5) is 36.8. The number of aromatic nitrogens is 2. The van der Waals surface area contributed by atoms with Gasteiger partial charge in [-0.2, -0.15) is 4.98 Å². The molecule has 0 aliphatic carbocycles. The van der Waals surface area contributed by atoms with Gasteiger partial charge < -0.3 is 20.9 Å². The monoisotopic (exact) mass is 533 g/mol. The maximum Gasteiger partial charge on any atom is 0.233 e. The van der Waals surface area contributed by atoms with E-state index in [0.717, 1.165) is 53.8 Å². The van der Waals surface area contributed by atoms with Crippen LogP contribution in [-0.2, 0) is 16.1 Å². The number of carbonyl (C=O) groups is 2. The Hall–Kier alpha value is -3.95. The van der Waals surface area contributed by atoms with Crippen molar-refractivity contribution in [3.63, 3.8) is 0 Å². The van der Waals surface area contributed by atoms with Gasteiger partial charge in [0.25, 0.3) is 0 Å². The van der Waals surface area contributed by atoms with Gasteiger partial charge in [0.1, 0.15) is 5.82 Å². The van der Waals surface area contributed by atoms with Crippen molar-refractivity contribution in [3.05, 3.63) is 77.0 Å². The molecule has 1 aliphatic rings. The lowest BCUT2D eigenvalue weighted by atomic mass is 10.0. The summed E-state index contributed by atoms with van der Waals surface area (Å²) < 4.78 is 0. The van der Waals surface area contributed by atoms with E-state index in [-0.39, 0.29) is 5.91 Å². The minimum Gasteiger partial charge on any atom is -0.365 e. The van der Waals surface area contributed by atoms with Gasteiger partial charge in [-0.3, -0.25) is 14.5 Å². The van der Waals surface area contributed by atoms with E-state index in [2.05, 4.69) is 25.8 Å². The molecule has 38 heavy (non-hydrogen) atoms. The molecule has 0 saturated carbocycles. The van der Waals surface area contributed by atoms with E-state index < -0.39 is 0 Å². The highest BCUT2D eigenvalue weighted by molar-refractivity contribution is 6.30. The first-order valence-corrected chi connectivity index (χ1v) is 12.9. The van der Waals surface area contributed by atoms with Gasteiger partial charge in [-0.15, -0.1) is 0 Å². The molecule has 1 fully saturated rings. The van der Waals surface area contributed by atoms with Crippen LogP contribution in [0.25, 0.3) is 16.5 Å². The van der Waals surface area contributed by atoms with E-state index >= 15 is 0 Å². The first-order chi connectivity index (χ1) is 18.5. The highest BCUT2D eigenvalue weighted by Gasteiger charge is 2.22. The van der Waals surface area contributed by atoms with Crippen molar-refractivity contribution in [1.82, 2.24) is 25.5 Å². The lowest BCUT2D eigenvalue weighted by Crippen LogP contribution is -2.49. The summed E-state index contributed by atoms with van der Waals surface area (Å²) in [5, 5.41) is 10.3. The standard InChI is InChI=1S/C28H32ClN7O2/c1-3-5-22(17-31-19-37)21-8-9-25-24(15-21)27(32-16-20-6-4-7-23(29)14-20)34-28(33-25)36-12-10-35(11-13-36)18-26(38)30-2/h3-9,14-15,17,19H,10-13,16,18H2,1-2H3,(H,30,38)(H,31,37)(H,32,33,34)/b5-3-,22-17+. The van der Waals surface area contributed by atoms with Crippen molar-refractivity contribution in [2.75, 3.05) is 50.0 Å².